The Labute approximate surface area is 116 Å². The number of rotatable bonds is 0. The Hall–Kier alpha value is 1.66. The van der Waals surface area contributed by atoms with Crippen LogP contribution in [-0.4, -0.2) is 4.98 Å². The molecule has 0 aromatic carbocycles. The monoisotopic (exact) mass is 219 g/mol. The smallest absolute Gasteiger partial charge is 0.373 e. The first-order chi connectivity index (χ1) is 4.20. The predicted octanol–water partition coefficient (Wildman–Crippen LogP) is -0.154. The Morgan fingerprint density at radius 2 is 1.90 bits per heavy atom. The Morgan fingerprint density at radius 3 is 2.30 bits per heavy atom. The third-order valence-corrected chi connectivity index (χ3v) is 1.58. The molecule has 10 heavy (non-hydrogen) atoms. The van der Waals surface area contributed by atoms with Crippen molar-refractivity contribution in [1.82, 2.24) is 4.98 Å². The molecule has 5 heteroatoms. The van der Waals surface area contributed by atoms with E-state index in [-0.39, 0.29) is 56.5 Å². The van der Waals surface area contributed by atoms with Crippen molar-refractivity contribution in [1.29, 1.82) is 0 Å². The second-order valence-corrected chi connectivity index (χ2v) is 2.53. The fraction of sp³-hybridized carbons (Fsp3) is 0. The molecular weight excluding hydrogens is 220 g/mol. The van der Waals surface area contributed by atoms with Crippen molar-refractivity contribution < 1.29 is 51.4 Å². The standard InChI is InChI=1S/C5HCl3N.K/c6-3-1-4(7)5(8)9-2-3;/h1H;/q-1;+1. The van der Waals surface area contributed by atoms with Gasteiger partial charge in [-0.2, -0.15) is 0 Å². The fourth-order valence-electron chi connectivity index (χ4n) is 0.359. The van der Waals surface area contributed by atoms with Gasteiger partial charge in [0.25, 0.3) is 0 Å². The van der Waals surface area contributed by atoms with Crippen LogP contribution in [0.3, 0.4) is 0 Å². The SMILES string of the molecule is Clc1[c-]nc(Cl)c(Cl)c1.[K+]. The average molecular weight is 221 g/mol. The molecule has 1 nitrogen and oxygen atoms in total. The molecule has 0 saturated carbocycles. The predicted molar refractivity (Wildman–Crippen MR) is 38.1 cm³/mol. The number of hydrogen-bond donors (Lipinski definition) is 0. The van der Waals surface area contributed by atoms with Gasteiger partial charge in [0.15, 0.2) is 0 Å². The molecule has 0 spiro atoms. The van der Waals surface area contributed by atoms with E-state index in [2.05, 4.69) is 11.2 Å². The van der Waals surface area contributed by atoms with Crippen molar-refractivity contribution in [2.24, 2.45) is 0 Å². The van der Waals surface area contributed by atoms with Crippen molar-refractivity contribution in [2.45, 2.75) is 0 Å². The van der Waals surface area contributed by atoms with Crippen molar-refractivity contribution in [3.63, 3.8) is 0 Å². The van der Waals surface area contributed by atoms with E-state index >= 15 is 0 Å². The average Bonchev–Trinajstić information content (AvgIpc) is 1.80. The van der Waals surface area contributed by atoms with Gasteiger partial charge in [-0.15, -0.1) is 40.9 Å². The first-order valence-electron chi connectivity index (χ1n) is 2.09. The maximum absolute atomic E-state index is 5.52. The largest absolute Gasteiger partial charge is 1.00 e. The van der Waals surface area contributed by atoms with Gasteiger partial charge in [-0.3, -0.25) is 0 Å². The van der Waals surface area contributed by atoms with E-state index in [1.54, 1.807) is 0 Å². The minimum Gasteiger partial charge on any atom is -0.373 e. The van der Waals surface area contributed by atoms with Gasteiger partial charge in [-0.25, -0.2) is 0 Å². The maximum Gasteiger partial charge on any atom is 1.00 e. The molecule has 1 heterocycles. The second kappa shape index (κ2) is 5.33. The summed E-state index contributed by atoms with van der Waals surface area (Å²) in [6.45, 7) is 0. The zero-order chi connectivity index (χ0) is 6.85. The maximum atomic E-state index is 5.52. The normalized spacial score (nSPS) is 8.70. The van der Waals surface area contributed by atoms with Crippen LogP contribution in [0, 0.1) is 6.20 Å². The van der Waals surface area contributed by atoms with Gasteiger partial charge in [-0.05, 0) is 5.02 Å². The van der Waals surface area contributed by atoms with Crippen LogP contribution in [0.2, 0.25) is 15.2 Å². The molecule has 0 fully saturated rings. The summed E-state index contributed by atoms with van der Waals surface area (Å²) in [5.74, 6) is 0. The molecule has 0 bridgehead atoms. The number of hydrogen-bond acceptors (Lipinski definition) is 1. The van der Waals surface area contributed by atoms with Gasteiger partial charge in [0.05, 0.1) is 0 Å². The summed E-state index contributed by atoms with van der Waals surface area (Å²) < 4.78 is 0. The second-order valence-electron chi connectivity index (χ2n) is 1.35. The third-order valence-electron chi connectivity index (χ3n) is 0.711. The van der Waals surface area contributed by atoms with Crippen LogP contribution < -0.4 is 51.4 Å². The van der Waals surface area contributed by atoms with Crippen LogP contribution in [0.1, 0.15) is 0 Å². The summed E-state index contributed by atoms with van der Waals surface area (Å²) >= 11 is 16.4. The summed E-state index contributed by atoms with van der Waals surface area (Å²) in [4.78, 5) is 3.55. The molecule has 0 amide bonds. The molecule has 0 unspecified atom stereocenters. The van der Waals surface area contributed by atoms with E-state index in [0.717, 1.165) is 0 Å². The van der Waals surface area contributed by atoms with Crippen LogP contribution in [0.25, 0.3) is 0 Å². The third kappa shape index (κ3) is 3.37. The Balaban J connectivity index is 0.000000810. The van der Waals surface area contributed by atoms with Gasteiger partial charge in [0.2, 0.25) is 0 Å². The fourth-order valence-corrected chi connectivity index (χ4v) is 0.814. The number of pyridine rings is 1. The molecule has 0 aliphatic carbocycles. The van der Waals surface area contributed by atoms with Gasteiger partial charge in [-0.1, -0.05) is 11.2 Å². The number of nitrogens with zero attached hydrogens (tertiary/aromatic N) is 1. The van der Waals surface area contributed by atoms with Crippen molar-refractivity contribution in [2.75, 3.05) is 0 Å². The van der Waals surface area contributed by atoms with E-state index < -0.39 is 0 Å². The molecule has 0 saturated heterocycles. The van der Waals surface area contributed by atoms with Gasteiger partial charge < -0.3 is 4.98 Å². The van der Waals surface area contributed by atoms with Crippen molar-refractivity contribution in [3.05, 3.63) is 27.5 Å². The summed E-state index contributed by atoms with van der Waals surface area (Å²) in [5, 5.41) is 0.936. The molecular formula is C5HCl3KN. The number of halogens is 3. The summed E-state index contributed by atoms with van der Waals surface area (Å²) in [6.07, 6.45) is 2.44. The topological polar surface area (TPSA) is 12.9 Å². The molecule has 0 atom stereocenters. The van der Waals surface area contributed by atoms with Crippen molar-refractivity contribution >= 4 is 34.8 Å². The molecule has 0 N–H and O–H groups in total. The molecule has 0 aliphatic rings. The van der Waals surface area contributed by atoms with Crippen molar-refractivity contribution in [3.8, 4) is 0 Å². The zero-order valence-corrected chi connectivity index (χ0v) is 10.5. The van der Waals surface area contributed by atoms with Gasteiger partial charge in [0.1, 0.15) is 0 Å². The first kappa shape index (κ1) is 11.7. The van der Waals surface area contributed by atoms with E-state index in [1.807, 2.05) is 0 Å². The molecule has 0 aliphatic heterocycles. The van der Waals surface area contributed by atoms with Gasteiger partial charge in [0, 0.05) is 5.15 Å². The summed E-state index contributed by atoms with van der Waals surface area (Å²) in [6, 6.07) is 1.48. The van der Waals surface area contributed by atoms with Crippen LogP contribution in [0.4, 0.5) is 0 Å². The van der Waals surface area contributed by atoms with Crippen LogP contribution >= 0.6 is 34.8 Å². The number of aromatic nitrogens is 1. The summed E-state index contributed by atoms with van der Waals surface area (Å²) in [5.41, 5.74) is 0. The molecule has 1 rings (SSSR count). The molecule has 1 aromatic rings. The van der Waals surface area contributed by atoms with E-state index in [4.69, 9.17) is 34.8 Å². The molecule has 1 aromatic heterocycles. The summed E-state index contributed by atoms with van der Waals surface area (Å²) in [7, 11) is 0. The minimum atomic E-state index is 0. The zero-order valence-electron chi connectivity index (χ0n) is 5.16. The Kier molecular flexibility index (Phi) is 6.21. The van der Waals surface area contributed by atoms with E-state index in [9.17, 15) is 0 Å². The Bertz CT molecular complexity index is 228. The van der Waals surface area contributed by atoms with E-state index in [0.29, 0.717) is 10.0 Å². The van der Waals surface area contributed by atoms with E-state index in [1.165, 1.54) is 6.07 Å². The van der Waals surface area contributed by atoms with Gasteiger partial charge >= 0.3 is 51.4 Å². The van der Waals surface area contributed by atoms with Crippen LogP contribution in [0.15, 0.2) is 6.07 Å². The minimum absolute atomic E-state index is 0. The quantitative estimate of drug-likeness (QED) is 0.337. The van der Waals surface area contributed by atoms with Crippen LogP contribution in [-0.2, 0) is 0 Å². The van der Waals surface area contributed by atoms with Crippen LogP contribution in [0.5, 0.6) is 0 Å². The molecule has 48 valence electrons. The Morgan fingerprint density at radius 1 is 1.30 bits per heavy atom. The molecule has 0 radical (unpaired) electrons. The first-order valence-corrected chi connectivity index (χ1v) is 3.23.